The van der Waals surface area contributed by atoms with Crippen LogP contribution in [-0.4, -0.2) is 50.3 Å². The summed E-state index contributed by atoms with van der Waals surface area (Å²) in [6.45, 7) is 4.03. The molecule has 1 atom stereocenters. The van der Waals surface area contributed by atoms with Gasteiger partial charge in [0.2, 0.25) is 17.6 Å². The van der Waals surface area contributed by atoms with E-state index in [9.17, 15) is 14.4 Å². The molecule has 0 radical (unpaired) electrons. The number of carbonyl (C=O) groups is 3. The number of nitrogens with zero attached hydrogens (tertiary/aromatic N) is 4. The summed E-state index contributed by atoms with van der Waals surface area (Å²) in [6, 6.07) is 7.44. The summed E-state index contributed by atoms with van der Waals surface area (Å²) >= 11 is 0. The molecule has 1 aromatic carbocycles. The molecule has 190 valence electrons. The molecule has 9 heteroatoms. The predicted molar refractivity (Wildman–Crippen MR) is 135 cm³/mol. The van der Waals surface area contributed by atoms with Gasteiger partial charge in [-0.1, -0.05) is 37.4 Å². The van der Waals surface area contributed by atoms with Gasteiger partial charge in [-0.3, -0.25) is 19.7 Å². The standard InChI is InChI=1S/C27H33N5O4/c1-18(25(34)19-7-3-2-4-8-19)20-10-11-22-21(17-20)29-27(30-26(35)23-12-13-28-36-23)32(22)16-6-15-31-14-5-9-24(31)33/h10-13,17-19H,2-9,14-16H2,1H3,(H,29,30,35). The average Bonchev–Trinajstić information content (AvgIpc) is 3.65. The van der Waals surface area contributed by atoms with Crippen LogP contribution < -0.4 is 5.32 Å². The molecule has 3 heterocycles. The van der Waals surface area contributed by atoms with E-state index in [0.29, 0.717) is 31.2 Å². The lowest BCUT2D eigenvalue weighted by Gasteiger charge is -2.23. The zero-order valence-electron chi connectivity index (χ0n) is 20.7. The maximum atomic E-state index is 13.1. The average molecular weight is 492 g/mol. The topological polar surface area (TPSA) is 110 Å². The van der Waals surface area contributed by atoms with Crippen LogP contribution in [0.5, 0.6) is 0 Å². The normalized spacial score (nSPS) is 17.6. The van der Waals surface area contributed by atoms with Gasteiger partial charge in [-0.2, -0.15) is 0 Å². The number of ketones is 1. The number of carbonyl (C=O) groups excluding carboxylic acids is 3. The predicted octanol–water partition coefficient (Wildman–Crippen LogP) is 4.54. The smallest absolute Gasteiger partial charge is 0.296 e. The Hall–Kier alpha value is -3.49. The summed E-state index contributed by atoms with van der Waals surface area (Å²) in [5.41, 5.74) is 2.54. The van der Waals surface area contributed by atoms with E-state index in [4.69, 9.17) is 9.51 Å². The molecule has 0 bridgehead atoms. The molecule has 2 aromatic heterocycles. The van der Waals surface area contributed by atoms with Crippen molar-refractivity contribution in [3.63, 3.8) is 0 Å². The second-order valence-electron chi connectivity index (χ2n) is 9.96. The van der Waals surface area contributed by atoms with Crippen LogP contribution in [0.1, 0.15) is 80.3 Å². The maximum absolute atomic E-state index is 13.1. The third-order valence-corrected chi connectivity index (χ3v) is 7.57. The van der Waals surface area contributed by atoms with Crippen LogP contribution in [0.25, 0.3) is 11.0 Å². The van der Waals surface area contributed by atoms with Crippen molar-refractivity contribution in [1.82, 2.24) is 19.6 Å². The summed E-state index contributed by atoms with van der Waals surface area (Å²) in [4.78, 5) is 44.4. The molecule has 1 saturated carbocycles. The highest BCUT2D eigenvalue weighted by molar-refractivity contribution is 6.02. The van der Waals surface area contributed by atoms with Gasteiger partial charge in [0.15, 0.2) is 0 Å². The van der Waals surface area contributed by atoms with Gasteiger partial charge in [0.1, 0.15) is 5.78 Å². The van der Waals surface area contributed by atoms with Crippen LogP contribution in [0.2, 0.25) is 0 Å². The van der Waals surface area contributed by atoms with Crippen LogP contribution in [0, 0.1) is 5.92 Å². The minimum atomic E-state index is -0.431. The van der Waals surface area contributed by atoms with Crippen molar-refractivity contribution in [2.45, 2.75) is 70.8 Å². The molecular weight excluding hydrogens is 458 g/mol. The Kier molecular flexibility index (Phi) is 7.16. The number of imidazole rings is 1. The fourth-order valence-electron chi connectivity index (χ4n) is 5.50. The zero-order chi connectivity index (χ0) is 25.1. The Bertz CT molecular complexity index is 1240. The van der Waals surface area contributed by atoms with Crippen LogP contribution in [-0.2, 0) is 16.1 Å². The van der Waals surface area contributed by atoms with E-state index in [2.05, 4.69) is 10.5 Å². The lowest BCUT2D eigenvalue weighted by Crippen LogP contribution is -2.26. The van der Waals surface area contributed by atoms with E-state index < -0.39 is 5.91 Å². The zero-order valence-corrected chi connectivity index (χ0v) is 20.7. The summed E-state index contributed by atoms with van der Waals surface area (Å²) in [7, 11) is 0. The molecule has 9 nitrogen and oxygen atoms in total. The summed E-state index contributed by atoms with van der Waals surface area (Å²) in [5, 5.41) is 6.45. The molecule has 3 aromatic rings. The number of aromatic nitrogens is 3. The molecular formula is C27H33N5O4. The maximum Gasteiger partial charge on any atom is 0.296 e. The van der Waals surface area contributed by atoms with Crippen molar-refractivity contribution < 1.29 is 18.9 Å². The second kappa shape index (κ2) is 10.6. The van der Waals surface area contributed by atoms with Gasteiger partial charge in [-0.05, 0) is 43.4 Å². The number of fused-ring (bicyclic) bond motifs is 1. The first-order valence-corrected chi connectivity index (χ1v) is 13.0. The number of benzene rings is 1. The number of hydrogen-bond donors (Lipinski definition) is 1. The van der Waals surface area contributed by atoms with E-state index in [1.807, 2.05) is 34.6 Å². The Balaban J connectivity index is 1.39. The highest BCUT2D eigenvalue weighted by Gasteiger charge is 2.27. The van der Waals surface area contributed by atoms with Gasteiger partial charge in [0.25, 0.3) is 5.91 Å². The van der Waals surface area contributed by atoms with E-state index in [1.54, 1.807) is 0 Å². The quantitative estimate of drug-likeness (QED) is 0.470. The number of hydrogen-bond acceptors (Lipinski definition) is 6. The number of aryl methyl sites for hydroxylation is 1. The van der Waals surface area contributed by atoms with Gasteiger partial charge in [-0.15, -0.1) is 0 Å². The van der Waals surface area contributed by atoms with Gasteiger partial charge in [0.05, 0.1) is 17.2 Å². The van der Waals surface area contributed by atoms with Gasteiger partial charge < -0.3 is 14.0 Å². The third-order valence-electron chi connectivity index (χ3n) is 7.57. The van der Waals surface area contributed by atoms with Crippen LogP contribution in [0.3, 0.4) is 0 Å². The molecule has 36 heavy (non-hydrogen) atoms. The van der Waals surface area contributed by atoms with Gasteiger partial charge in [0, 0.05) is 44.0 Å². The Morgan fingerprint density at radius 2 is 1.97 bits per heavy atom. The molecule has 1 N–H and O–H groups in total. The number of nitrogens with one attached hydrogen (secondary N) is 1. The first-order chi connectivity index (χ1) is 17.5. The highest BCUT2D eigenvalue weighted by Crippen LogP contribution is 2.32. The molecule has 5 rings (SSSR count). The molecule has 1 saturated heterocycles. The first-order valence-electron chi connectivity index (χ1n) is 13.0. The monoisotopic (exact) mass is 491 g/mol. The van der Waals surface area contributed by atoms with Crippen LogP contribution in [0.4, 0.5) is 5.95 Å². The van der Waals surface area contributed by atoms with Crippen molar-refractivity contribution in [2.75, 3.05) is 18.4 Å². The first kappa shape index (κ1) is 24.2. The minimum absolute atomic E-state index is 0.101. The molecule has 2 amide bonds. The van der Waals surface area contributed by atoms with Crippen LogP contribution >= 0.6 is 0 Å². The molecule has 1 aliphatic heterocycles. The van der Waals surface area contributed by atoms with Crippen molar-refractivity contribution in [1.29, 1.82) is 0 Å². The van der Waals surface area contributed by atoms with Crippen molar-refractivity contribution in [3.8, 4) is 0 Å². The number of rotatable bonds is 9. The summed E-state index contributed by atoms with van der Waals surface area (Å²) in [6.07, 6.45) is 9.13. The molecule has 2 fully saturated rings. The van der Waals surface area contributed by atoms with Crippen molar-refractivity contribution in [2.24, 2.45) is 5.92 Å². The fourth-order valence-corrected chi connectivity index (χ4v) is 5.50. The van der Waals surface area contributed by atoms with Crippen LogP contribution in [0.15, 0.2) is 35.0 Å². The SMILES string of the molecule is CC(C(=O)C1CCCCC1)c1ccc2c(c1)nc(NC(=O)c1ccno1)n2CCCN1CCCC1=O. The second-order valence-corrected chi connectivity index (χ2v) is 9.96. The molecule has 0 spiro atoms. The lowest BCUT2D eigenvalue weighted by molar-refractivity contribution is -0.127. The summed E-state index contributed by atoms with van der Waals surface area (Å²) < 4.78 is 6.96. The number of anilines is 1. The highest BCUT2D eigenvalue weighted by atomic mass is 16.5. The molecule has 1 aliphatic carbocycles. The summed E-state index contributed by atoms with van der Waals surface area (Å²) in [5.74, 6) is 0.530. The van der Waals surface area contributed by atoms with Crippen molar-refractivity contribution in [3.05, 3.63) is 41.8 Å². The minimum Gasteiger partial charge on any atom is -0.351 e. The number of Topliss-reactive ketones (excluding diaryl/α,β-unsaturated/α-hetero) is 1. The number of amides is 2. The Labute approximate surface area is 210 Å². The van der Waals surface area contributed by atoms with E-state index in [0.717, 1.165) is 61.7 Å². The fraction of sp³-hybridized carbons (Fsp3) is 0.519. The Morgan fingerprint density at radius 1 is 1.14 bits per heavy atom. The van der Waals surface area contributed by atoms with Crippen molar-refractivity contribution >= 4 is 34.6 Å². The van der Waals surface area contributed by atoms with E-state index in [-0.39, 0.29) is 23.5 Å². The van der Waals surface area contributed by atoms with E-state index in [1.165, 1.54) is 18.7 Å². The number of likely N-dealkylation sites (tertiary alicyclic amines) is 1. The van der Waals surface area contributed by atoms with E-state index >= 15 is 0 Å². The largest absolute Gasteiger partial charge is 0.351 e. The van der Waals surface area contributed by atoms with Gasteiger partial charge in [-0.25, -0.2) is 4.98 Å². The molecule has 2 aliphatic rings. The lowest BCUT2D eigenvalue weighted by atomic mass is 9.80. The molecule has 1 unspecified atom stereocenters. The Morgan fingerprint density at radius 3 is 2.69 bits per heavy atom. The van der Waals surface area contributed by atoms with Gasteiger partial charge >= 0.3 is 0 Å². The third kappa shape index (κ3) is 5.05.